The molecule has 134 valence electrons. The van der Waals surface area contributed by atoms with Crippen molar-refractivity contribution in [2.24, 2.45) is 0 Å². The maximum absolute atomic E-state index is 12.4. The van der Waals surface area contributed by atoms with Crippen molar-refractivity contribution in [3.63, 3.8) is 0 Å². The minimum absolute atomic E-state index is 0.318. The summed E-state index contributed by atoms with van der Waals surface area (Å²) in [5.41, 5.74) is 1.77. The Hall–Kier alpha value is -3.14. The van der Waals surface area contributed by atoms with Crippen molar-refractivity contribution in [2.45, 2.75) is 0 Å². The van der Waals surface area contributed by atoms with Crippen LogP contribution in [-0.4, -0.2) is 53.4 Å². The lowest BCUT2D eigenvalue weighted by molar-refractivity contribution is -0.118. The van der Waals surface area contributed by atoms with Crippen molar-refractivity contribution in [1.82, 2.24) is 14.9 Å². The Morgan fingerprint density at radius 1 is 1.31 bits per heavy atom. The Balaban J connectivity index is 1.45. The molecule has 26 heavy (non-hydrogen) atoms. The third-order valence-electron chi connectivity index (χ3n) is 4.14. The molecule has 10 heteroatoms. The first kappa shape index (κ1) is 16.3. The van der Waals surface area contributed by atoms with Crippen LogP contribution < -0.4 is 16.0 Å². The standard InChI is InChI=1S/C16H15N5O4S/c22-9-20-3-5-21(6-4-20)15-18-12(8-26-15)14(23)17-10-1-2-11-13(7-10)25-16(24)19-11/h1-2,7-9H,3-6H2,(H,17,23)(H,19,24). The average molecular weight is 373 g/mol. The molecule has 0 bridgehead atoms. The zero-order chi connectivity index (χ0) is 18.1. The second kappa shape index (κ2) is 6.64. The number of fused-ring (bicyclic) bond motifs is 1. The van der Waals surface area contributed by atoms with Gasteiger partial charge in [-0.15, -0.1) is 11.3 Å². The van der Waals surface area contributed by atoms with Gasteiger partial charge in [0.2, 0.25) is 6.41 Å². The highest BCUT2D eigenvalue weighted by molar-refractivity contribution is 7.14. The van der Waals surface area contributed by atoms with Crippen LogP contribution in [0.4, 0.5) is 10.8 Å². The highest BCUT2D eigenvalue weighted by Crippen LogP contribution is 2.23. The lowest BCUT2D eigenvalue weighted by Crippen LogP contribution is -2.45. The number of hydrogen-bond donors (Lipinski definition) is 2. The molecule has 0 saturated carbocycles. The molecule has 9 nitrogen and oxygen atoms in total. The van der Waals surface area contributed by atoms with Crippen molar-refractivity contribution in [3.05, 3.63) is 39.8 Å². The van der Waals surface area contributed by atoms with E-state index in [2.05, 4.69) is 20.2 Å². The number of thiazole rings is 1. The molecule has 3 aromatic rings. The summed E-state index contributed by atoms with van der Waals surface area (Å²) in [6.07, 6.45) is 0.849. The Labute approximate surface area is 151 Å². The lowest BCUT2D eigenvalue weighted by atomic mass is 10.3. The fraction of sp³-hybridized carbons (Fsp3) is 0.250. The minimum Gasteiger partial charge on any atom is -0.408 e. The number of carbonyl (C=O) groups excluding carboxylic acids is 2. The van der Waals surface area contributed by atoms with E-state index in [9.17, 15) is 14.4 Å². The van der Waals surface area contributed by atoms with Crippen LogP contribution in [0.15, 0.2) is 32.8 Å². The normalized spacial score (nSPS) is 14.6. The number of hydrogen-bond acceptors (Lipinski definition) is 7. The summed E-state index contributed by atoms with van der Waals surface area (Å²) in [5.74, 6) is -0.876. The van der Waals surface area contributed by atoms with Crippen molar-refractivity contribution >= 4 is 45.6 Å². The third-order valence-corrected chi connectivity index (χ3v) is 5.04. The number of aromatic nitrogens is 2. The van der Waals surface area contributed by atoms with Crippen molar-refractivity contribution in [2.75, 3.05) is 36.4 Å². The molecule has 1 aromatic carbocycles. The van der Waals surface area contributed by atoms with E-state index < -0.39 is 5.76 Å². The monoisotopic (exact) mass is 373 g/mol. The predicted octanol–water partition coefficient (Wildman–Crippen LogP) is 1.11. The van der Waals surface area contributed by atoms with Gasteiger partial charge in [-0.2, -0.15) is 0 Å². The number of amides is 2. The van der Waals surface area contributed by atoms with Gasteiger partial charge in [-0.3, -0.25) is 14.6 Å². The van der Waals surface area contributed by atoms with Crippen LogP contribution in [0.2, 0.25) is 0 Å². The molecule has 1 saturated heterocycles. The Bertz CT molecular complexity index is 1010. The van der Waals surface area contributed by atoms with Crippen LogP contribution in [0.25, 0.3) is 11.1 Å². The third kappa shape index (κ3) is 3.18. The van der Waals surface area contributed by atoms with E-state index in [1.807, 2.05) is 0 Å². The summed E-state index contributed by atoms with van der Waals surface area (Å²) in [7, 11) is 0. The maximum atomic E-state index is 12.4. The number of benzene rings is 1. The molecule has 2 aromatic heterocycles. The van der Waals surface area contributed by atoms with E-state index >= 15 is 0 Å². The lowest BCUT2D eigenvalue weighted by Gasteiger charge is -2.32. The first-order valence-corrected chi connectivity index (χ1v) is 8.84. The number of piperazine rings is 1. The first-order valence-electron chi connectivity index (χ1n) is 7.96. The van der Waals surface area contributed by atoms with Gasteiger partial charge in [0.05, 0.1) is 5.52 Å². The van der Waals surface area contributed by atoms with Crippen LogP contribution in [0, 0.1) is 0 Å². The summed E-state index contributed by atoms with van der Waals surface area (Å²) in [6.45, 7) is 2.67. The van der Waals surface area contributed by atoms with Crippen LogP contribution >= 0.6 is 11.3 Å². The van der Waals surface area contributed by atoms with Gasteiger partial charge in [-0.1, -0.05) is 0 Å². The topological polar surface area (TPSA) is 112 Å². The van der Waals surface area contributed by atoms with E-state index in [4.69, 9.17) is 4.42 Å². The molecule has 2 N–H and O–H groups in total. The molecule has 0 radical (unpaired) electrons. The molecule has 1 aliphatic heterocycles. The summed E-state index contributed by atoms with van der Waals surface area (Å²) < 4.78 is 4.99. The minimum atomic E-state index is -0.540. The van der Waals surface area contributed by atoms with Gasteiger partial charge in [0.15, 0.2) is 10.7 Å². The van der Waals surface area contributed by atoms with Crippen LogP contribution in [0.5, 0.6) is 0 Å². The molecule has 1 fully saturated rings. The van der Waals surface area contributed by atoms with Crippen molar-refractivity contribution in [3.8, 4) is 0 Å². The van der Waals surface area contributed by atoms with Crippen LogP contribution in [0.3, 0.4) is 0 Å². The molecule has 4 rings (SSSR count). The Kier molecular flexibility index (Phi) is 4.17. The summed E-state index contributed by atoms with van der Waals surface area (Å²) in [5, 5.41) is 5.21. The summed E-state index contributed by atoms with van der Waals surface area (Å²) >= 11 is 1.39. The number of H-pyrrole nitrogens is 1. The van der Waals surface area contributed by atoms with Gasteiger partial charge in [0.25, 0.3) is 5.91 Å². The van der Waals surface area contributed by atoms with E-state index in [0.717, 1.165) is 11.5 Å². The number of oxazole rings is 1. The largest absolute Gasteiger partial charge is 0.417 e. The predicted molar refractivity (Wildman–Crippen MR) is 96.8 cm³/mol. The highest BCUT2D eigenvalue weighted by Gasteiger charge is 2.20. The fourth-order valence-corrected chi connectivity index (χ4v) is 3.61. The van der Waals surface area contributed by atoms with E-state index in [1.54, 1.807) is 28.5 Å². The number of nitrogens with zero attached hydrogens (tertiary/aromatic N) is 3. The highest BCUT2D eigenvalue weighted by atomic mass is 32.1. The Morgan fingerprint density at radius 2 is 2.12 bits per heavy atom. The zero-order valence-electron chi connectivity index (χ0n) is 13.6. The van der Waals surface area contributed by atoms with Crippen molar-refractivity contribution < 1.29 is 14.0 Å². The Morgan fingerprint density at radius 3 is 2.88 bits per heavy atom. The number of anilines is 2. The number of rotatable bonds is 4. The maximum Gasteiger partial charge on any atom is 0.417 e. The number of aromatic amines is 1. The van der Waals surface area contributed by atoms with Gasteiger partial charge in [-0.05, 0) is 12.1 Å². The molecule has 0 aliphatic carbocycles. The first-order chi connectivity index (χ1) is 12.6. The van der Waals surface area contributed by atoms with Gasteiger partial charge in [0.1, 0.15) is 5.69 Å². The quantitative estimate of drug-likeness (QED) is 0.663. The average Bonchev–Trinajstić information content (AvgIpc) is 3.27. The van der Waals surface area contributed by atoms with Crippen LogP contribution in [0.1, 0.15) is 10.5 Å². The summed E-state index contributed by atoms with van der Waals surface area (Å²) in [4.78, 5) is 45.1. The molecule has 0 atom stereocenters. The fourth-order valence-electron chi connectivity index (χ4n) is 2.75. The molecule has 1 aliphatic rings. The van der Waals surface area contributed by atoms with Gasteiger partial charge >= 0.3 is 5.76 Å². The molecule has 0 spiro atoms. The molecular formula is C16H15N5O4S. The SMILES string of the molecule is O=CN1CCN(c2nc(C(=O)Nc3ccc4[nH]c(=O)oc4c3)cs2)CC1. The number of nitrogens with one attached hydrogen (secondary N) is 2. The van der Waals surface area contributed by atoms with E-state index in [-0.39, 0.29) is 5.91 Å². The van der Waals surface area contributed by atoms with Crippen molar-refractivity contribution in [1.29, 1.82) is 0 Å². The van der Waals surface area contributed by atoms with E-state index in [1.165, 1.54) is 11.3 Å². The smallest absolute Gasteiger partial charge is 0.408 e. The van der Waals surface area contributed by atoms with Gasteiger partial charge in [0, 0.05) is 43.3 Å². The summed E-state index contributed by atoms with van der Waals surface area (Å²) in [6, 6.07) is 4.92. The molecule has 2 amide bonds. The second-order valence-corrected chi connectivity index (χ2v) is 6.66. The molecule has 0 unspecified atom stereocenters. The molecular weight excluding hydrogens is 358 g/mol. The van der Waals surface area contributed by atoms with Gasteiger partial charge in [-0.25, -0.2) is 9.78 Å². The second-order valence-electron chi connectivity index (χ2n) is 5.82. The van der Waals surface area contributed by atoms with E-state index in [0.29, 0.717) is 48.7 Å². The zero-order valence-corrected chi connectivity index (χ0v) is 14.4. The molecule has 3 heterocycles. The number of carbonyl (C=O) groups is 2. The van der Waals surface area contributed by atoms with Crippen LogP contribution in [-0.2, 0) is 4.79 Å². The van der Waals surface area contributed by atoms with Gasteiger partial charge < -0.3 is 19.5 Å².